The third-order valence-corrected chi connectivity index (χ3v) is 9.60. The van der Waals surface area contributed by atoms with Crippen LogP contribution in [0.15, 0.2) is 60.8 Å². The van der Waals surface area contributed by atoms with E-state index in [2.05, 4.69) is 67.0 Å². The van der Waals surface area contributed by atoms with Crippen LogP contribution < -0.4 is 0 Å². The second-order valence-corrected chi connectivity index (χ2v) is 15.5. The van der Waals surface area contributed by atoms with Gasteiger partial charge in [0, 0.05) is 12.8 Å². The van der Waals surface area contributed by atoms with Gasteiger partial charge < -0.3 is 24.6 Å². The molecular weight excluding hydrogens is 719 g/mol. The first-order chi connectivity index (χ1) is 26.7. The van der Waals surface area contributed by atoms with Crippen LogP contribution in [-0.2, 0) is 32.7 Å². The van der Waals surface area contributed by atoms with E-state index in [1.807, 2.05) is 12.2 Å². The number of phosphoric ester groups is 1. The molecule has 0 saturated carbocycles. The molecular formula is C44H77O10P. The van der Waals surface area contributed by atoms with Gasteiger partial charge in [0.1, 0.15) is 12.7 Å². The Bertz CT molecular complexity index is 1100. The number of allylic oxidation sites excluding steroid dienone is 10. The van der Waals surface area contributed by atoms with Crippen LogP contribution in [0, 0.1) is 0 Å². The minimum absolute atomic E-state index is 0.105. The Labute approximate surface area is 334 Å². The summed E-state index contributed by atoms with van der Waals surface area (Å²) >= 11 is 0. The molecule has 0 bridgehead atoms. The molecule has 0 aromatic rings. The van der Waals surface area contributed by atoms with Crippen LogP contribution in [-0.4, -0.2) is 65.7 Å². The summed E-state index contributed by atoms with van der Waals surface area (Å²) in [6.45, 7) is 2.26. The molecule has 0 aromatic heterocycles. The maximum absolute atomic E-state index is 12.6. The summed E-state index contributed by atoms with van der Waals surface area (Å²) < 4.78 is 32.6. The summed E-state index contributed by atoms with van der Waals surface area (Å²) in [5, 5.41) is 18.3. The number of carbonyl (C=O) groups is 2. The zero-order chi connectivity index (χ0) is 40.5. The first-order valence-corrected chi connectivity index (χ1v) is 22.7. The van der Waals surface area contributed by atoms with Gasteiger partial charge in [-0.15, -0.1) is 0 Å². The number of ether oxygens (including phenoxy) is 2. The van der Waals surface area contributed by atoms with E-state index in [1.165, 1.54) is 57.8 Å². The molecule has 0 aliphatic carbocycles. The molecule has 0 heterocycles. The fourth-order valence-electron chi connectivity index (χ4n) is 5.33. The summed E-state index contributed by atoms with van der Waals surface area (Å²) in [6, 6.07) is 0. The fraction of sp³-hybridized carbons (Fsp3) is 0.727. The standard InChI is InChI=1S/C44H77O10P/c1-3-5-7-9-11-13-15-17-19-20-22-24-26-28-30-32-34-36-44(48)54-42(40-53-55(49,50)52-38-41(46)37-45)39-51-43(47)35-33-31-29-27-25-23-21-18-16-14-12-10-8-6-4-2/h11,13,17-19,21-22,24,28,30,41-42,45-46H,3-10,12,14-16,20,23,25-27,29,31-40H2,1-2H3,(H,49,50). The Morgan fingerprint density at radius 1 is 0.545 bits per heavy atom. The maximum atomic E-state index is 12.6. The molecule has 0 saturated heterocycles. The highest BCUT2D eigenvalue weighted by atomic mass is 31.2. The summed E-state index contributed by atoms with van der Waals surface area (Å²) in [5.41, 5.74) is 0. The number of unbranched alkanes of at least 4 members (excludes halogenated alkanes) is 15. The molecule has 318 valence electrons. The van der Waals surface area contributed by atoms with Gasteiger partial charge >= 0.3 is 19.8 Å². The topological polar surface area (TPSA) is 149 Å². The van der Waals surface area contributed by atoms with E-state index in [0.29, 0.717) is 19.3 Å². The van der Waals surface area contributed by atoms with Crippen molar-refractivity contribution in [3.63, 3.8) is 0 Å². The molecule has 0 aliphatic heterocycles. The lowest BCUT2D eigenvalue weighted by Crippen LogP contribution is -2.29. The van der Waals surface area contributed by atoms with Crippen LogP contribution in [0.5, 0.6) is 0 Å². The van der Waals surface area contributed by atoms with Gasteiger partial charge in [-0.25, -0.2) is 4.57 Å². The molecule has 0 aliphatic rings. The largest absolute Gasteiger partial charge is 0.472 e. The van der Waals surface area contributed by atoms with Crippen molar-refractivity contribution >= 4 is 19.8 Å². The molecule has 10 nitrogen and oxygen atoms in total. The predicted molar refractivity (Wildman–Crippen MR) is 224 cm³/mol. The summed E-state index contributed by atoms with van der Waals surface area (Å²) in [5.74, 6) is -1.00. The van der Waals surface area contributed by atoms with Crippen molar-refractivity contribution in [2.45, 2.75) is 180 Å². The average molecular weight is 797 g/mol. The van der Waals surface area contributed by atoms with Crippen molar-refractivity contribution in [3.8, 4) is 0 Å². The smallest absolute Gasteiger partial charge is 0.462 e. The Hall–Kier alpha value is -2.33. The second-order valence-electron chi connectivity index (χ2n) is 14.0. The second kappa shape index (κ2) is 39.9. The molecule has 11 heteroatoms. The first kappa shape index (κ1) is 52.7. The van der Waals surface area contributed by atoms with Crippen molar-refractivity contribution in [3.05, 3.63) is 60.8 Å². The summed E-state index contributed by atoms with van der Waals surface area (Å²) in [4.78, 5) is 34.9. The molecule has 0 spiro atoms. The van der Waals surface area contributed by atoms with Crippen molar-refractivity contribution < 1.29 is 47.8 Å². The number of aliphatic hydroxyl groups is 2. The van der Waals surface area contributed by atoms with Gasteiger partial charge in [0.2, 0.25) is 0 Å². The van der Waals surface area contributed by atoms with E-state index in [0.717, 1.165) is 64.2 Å². The van der Waals surface area contributed by atoms with Crippen LogP contribution in [0.3, 0.4) is 0 Å². The monoisotopic (exact) mass is 797 g/mol. The van der Waals surface area contributed by atoms with Gasteiger partial charge in [-0.3, -0.25) is 18.6 Å². The molecule has 55 heavy (non-hydrogen) atoms. The average Bonchev–Trinajstić information content (AvgIpc) is 3.17. The lowest BCUT2D eigenvalue weighted by Gasteiger charge is -2.20. The normalized spacial score (nSPS) is 14.5. The molecule has 0 aromatic carbocycles. The quantitative estimate of drug-likeness (QED) is 0.0237. The van der Waals surface area contributed by atoms with Crippen LogP contribution in [0.25, 0.3) is 0 Å². The highest BCUT2D eigenvalue weighted by Crippen LogP contribution is 2.43. The molecule has 0 fully saturated rings. The molecule has 0 rings (SSSR count). The predicted octanol–water partition coefficient (Wildman–Crippen LogP) is 11.1. The fourth-order valence-corrected chi connectivity index (χ4v) is 6.12. The Kier molecular flexibility index (Phi) is 38.2. The van der Waals surface area contributed by atoms with Gasteiger partial charge in [0.05, 0.1) is 19.8 Å². The maximum Gasteiger partial charge on any atom is 0.472 e. The third-order valence-electron chi connectivity index (χ3n) is 8.64. The van der Waals surface area contributed by atoms with Crippen molar-refractivity contribution in [1.82, 2.24) is 0 Å². The number of carbonyl (C=O) groups excluding carboxylic acids is 2. The number of hydrogen-bond donors (Lipinski definition) is 3. The Morgan fingerprint density at radius 2 is 0.964 bits per heavy atom. The Morgan fingerprint density at radius 3 is 1.53 bits per heavy atom. The van der Waals surface area contributed by atoms with E-state index in [1.54, 1.807) is 0 Å². The Balaban J connectivity index is 4.44. The number of rotatable bonds is 39. The highest BCUT2D eigenvalue weighted by molar-refractivity contribution is 7.47. The molecule has 3 N–H and O–H groups in total. The van der Waals surface area contributed by atoms with Crippen LogP contribution >= 0.6 is 7.82 Å². The van der Waals surface area contributed by atoms with E-state index in [9.17, 15) is 24.2 Å². The van der Waals surface area contributed by atoms with E-state index < -0.39 is 51.8 Å². The SMILES string of the molecule is CCCCCC=CCC=CCC=CCC=CCCCC(=O)OC(COC(=O)CCCCCCCC=CCCCCCCCC)COP(=O)(O)OCC(O)CO. The van der Waals surface area contributed by atoms with Gasteiger partial charge in [-0.05, 0) is 77.0 Å². The van der Waals surface area contributed by atoms with Gasteiger partial charge in [-0.1, -0.05) is 139 Å². The number of hydrogen-bond acceptors (Lipinski definition) is 9. The lowest BCUT2D eigenvalue weighted by molar-refractivity contribution is -0.161. The van der Waals surface area contributed by atoms with E-state index in [4.69, 9.17) is 19.1 Å². The molecule has 3 unspecified atom stereocenters. The van der Waals surface area contributed by atoms with Gasteiger partial charge in [0.15, 0.2) is 6.10 Å². The van der Waals surface area contributed by atoms with Gasteiger partial charge in [-0.2, -0.15) is 0 Å². The van der Waals surface area contributed by atoms with Crippen molar-refractivity contribution in [1.29, 1.82) is 0 Å². The summed E-state index contributed by atoms with van der Waals surface area (Å²) in [6.07, 6.45) is 43.3. The molecule has 0 amide bonds. The zero-order valence-corrected chi connectivity index (χ0v) is 35.3. The van der Waals surface area contributed by atoms with Crippen molar-refractivity contribution in [2.75, 3.05) is 26.4 Å². The molecule has 3 atom stereocenters. The van der Waals surface area contributed by atoms with Crippen molar-refractivity contribution in [2.24, 2.45) is 0 Å². The zero-order valence-electron chi connectivity index (χ0n) is 34.4. The van der Waals surface area contributed by atoms with Crippen LogP contribution in [0.1, 0.15) is 168 Å². The third kappa shape index (κ3) is 39.7. The van der Waals surface area contributed by atoms with Gasteiger partial charge in [0.25, 0.3) is 0 Å². The first-order valence-electron chi connectivity index (χ1n) is 21.2. The van der Waals surface area contributed by atoms with Crippen LogP contribution in [0.2, 0.25) is 0 Å². The number of aliphatic hydroxyl groups excluding tert-OH is 2. The molecule has 0 radical (unpaired) electrons. The minimum atomic E-state index is -4.63. The highest BCUT2D eigenvalue weighted by Gasteiger charge is 2.27. The summed E-state index contributed by atoms with van der Waals surface area (Å²) in [7, 11) is -4.63. The lowest BCUT2D eigenvalue weighted by atomic mass is 10.1. The number of phosphoric acid groups is 1. The van der Waals surface area contributed by atoms with E-state index >= 15 is 0 Å². The minimum Gasteiger partial charge on any atom is -0.462 e. The van der Waals surface area contributed by atoms with E-state index in [-0.39, 0.29) is 19.4 Å². The van der Waals surface area contributed by atoms with Crippen LogP contribution in [0.4, 0.5) is 0 Å². The number of esters is 2.